The molecule has 1 aromatic carbocycles. The van der Waals surface area contributed by atoms with Crippen molar-refractivity contribution in [1.82, 2.24) is 34.5 Å². The summed E-state index contributed by atoms with van der Waals surface area (Å²) in [6.07, 6.45) is 6.36. The van der Waals surface area contributed by atoms with Crippen molar-refractivity contribution in [2.45, 2.75) is 32.7 Å². The third kappa shape index (κ3) is 3.17. The van der Waals surface area contributed by atoms with E-state index in [9.17, 15) is 0 Å². The van der Waals surface area contributed by atoms with Crippen molar-refractivity contribution < 1.29 is 0 Å². The van der Waals surface area contributed by atoms with Crippen LogP contribution in [-0.4, -0.2) is 60.2 Å². The minimum Gasteiger partial charge on any atom is -0.350 e. The van der Waals surface area contributed by atoms with Crippen molar-refractivity contribution in [1.29, 1.82) is 0 Å². The van der Waals surface area contributed by atoms with E-state index >= 15 is 0 Å². The van der Waals surface area contributed by atoms with Crippen LogP contribution in [0.3, 0.4) is 0 Å². The van der Waals surface area contributed by atoms with Crippen molar-refractivity contribution in [3.05, 3.63) is 36.7 Å². The summed E-state index contributed by atoms with van der Waals surface area (Å²) in [5.41, 5.74) is 5.66. The average molecular weight is 417 g/mol. The fourth-order valence-electron chi connectivity index (χ4n) is 5.48. The zero-order chi connectivity index (χ0) is 21.2. The highest BCUT2D eigenvalue weighted by atomic mass is 15.4. The van der Waals surface area contributed by atoms with Gasteiger partial charge in [-0.05, 0) is 47.9 Å². The number of aromatic nitrogens is 6. The van der Waals surface area contributed by atoms with Crippen LogP contribution in [0.25, 0.3) is 27.7 Å². The van der Waals surface area contributed by atoms with E-state index in [1.807, 2.05) is 30.0 Å². The zero-order valence-electron chi connectivity index (χ0n) is 18.3. The molecule has 4 aromatic rings. The lowest BCUT2D eigenvalue weighted by Crippen LogP contribution is -2.65. The van der Waals surface area contributed by atoms with E-state index in [0.717, 1.165) is 33.6 Å². The van der Waals surface area contributed by atoms with Crippen LogP contribution >= 0.6 is 0 Å². The summed E-state index contributed by atoms with van der Waals surface area (Å²) in [5.74, 6) is 1.46. The molecule has 0 atom stereocenters. The minimum atomic E-state index is 0.480. The van der Waals surface area contributed by atoms with Gasteiger partial charge in [-0.15, -0.1) is 10.2 Å². The van der Waals surface area contributed by atoms with Gasteiger partial charge >= 0.3 is 0 Å². The van der Waals surface area contributed by atoms with Crippen molar-refractivity contribution in [2.24, 2.45) is 18.4 Å². The van der Waals surface area contributed by atoms with Crippen LogP contribution in [0.4, 0.5) is 5.95 Å². The van der Waals surface area contributed by atoms with Gasteiger partial charge in [-0.2, -0.15) is 0 Å². The highest BCUT2D eigenvalue weighted by Gasteiger charge is 2.52. The van der Waals surface area contributed by atoms with Crippen molar-refractivity contribution in [2.75, 3.05) is 25.0 Å². The largest absolute Gasteiger partial charge is 0.350 e. The highest BCUT2D eigenvalue weighted by molar-refractivity contribution is 5.87. The standard InChI is InChI=1S/C23H28N8/c1-15(2)12-30-13-23(14-30)9-17(10-23)25-22-24-11-21-18(6-7-31(21)27-22)16-4-5-19-20(8-16)29(3)28-26-19/h4-8,11,15,17H,9-10,12-14H2,1-3H3,(H,25,27). The molecule has 3 aromatic heterocycles. The fourth-order valence-corrected chi connectivity index (χ4v) is 5.48. The number of nitrogens with one attached hydrogen (secondary N) is 1. The van der Waals surface area contributed by atoms with Crippen LogP contribution in [0.5, 0.6) is 0 Å². The first kappa shape index (κ1) is 18.7. The van der Waals surface area contributed by atoms with Gasteiger partial charge in [0, 0.05) is 44.5 Å². The van der Waals surface area contributed by atoms with E-state index in [2.05, 4.69) is 57.6 Å². The minimum absolute atomic E-state index is 0.480. The molecule has 1 aliphatic heterocycles. The zero-order valence-corrected chi connectivity index (χ0v) is 18.3. The number of hydrogen-bond acceptors (Lipinski definition) is 6. The van der Waals surface area contributed by atoms with E-state index in [1.165, 1.54) is 32.5 Å². The van der Waals surface area contributed by atoms with Crippen LogP contribution in [0.15, 0.2) is 36.7 Å². The predicted octanol–water partition coefficient (Wildman–Crippen LogP) is 3.21. The molecule has 1 spiro atoms. The first-order chi connectivity index (χ1) is 15.0. The van der Waals surface area contributed by atoms with E-state index in [1.54, 1.807) is 4.68 Å². The molecule has 1 N–H and O–H groups in total. The molecule has 0 amide bonds. The Bertz CT molecular complexity index is 1260. The Hall–Kier alpha value is -3.00. The number of anilines is 1. The lowest BCUT2D eigenvalue weighted by atomic mass is 9.60. The van der Waals surface area contributed by atoms with Crippen LogP contribution in [0.1, 0.15) is 26.7 Å². The summed E-state index contributed by atoms with van der Waals surface area (Å²) in [6, 6.07) is 8.77. The number of fused-ring (bicyclic) bond motifs is 2. The first-order valence-electron chi connectivity index (χ1n) is 11.1. The van der Waals surface area contributed by atoms with Gasteiger partial charge in [-0.25, -0.2) is 14.2 Å². The van der Waals surface area contributed by atoms with Gasteiger partial charge in [0.25, 0.3) is 0 Å². The fraction of sp³-hybridized carbons (Fsp3) is 0.478. The molecule has 0 radical (unpaired) electrons. The second-order valence-corrected chi connectivity index (χ2v) is 9.87. The Labute approximate surface area is 181 Å². The lowest BCUT2D eigenvalue weighted by molar-refractivity contribution is -0.0711. The van der Waals surface area contributed by atoms with E-state index in [-0.39, 0.29) is 0 Å². The van der Waals surface area contributed by atoms with Crippen LogP contribution in [0, 0.1) is 11.3 Å². The van der Waals surface area contributed by atoms with E-state index in [0.29, 0.717) is 17.4 Å². The van der Waals surface area contributed by atoms with Gasteiger partial charge in [-0.1, -0.05) is 25.1 Å². The maximum Gasteiger partial charge on any atom is 0.241 e. The molecule has 4 heterocycles. The number of benzene rings is 1. The Morgan fingerprint density at radius 2 is 2.00 bits per heavy atom. The molecule has 1 aliphatic carbocycles. The molecule has 6 rings (SSSR count). The number of nitrogens with zero attached hydrogens (tertiary/aromatic N) is 7. The third-order valence-electron chi connectivity index (χ3n) is 6.77. The maximum absolute atomic E-state index is 4.71. The first-order valence-corrected chi connectivity index (χ1v) is 11.1. The number of hydrogen-bond donors (Lipinski definition) is 1. The Morgan fingerprint density at radius 1 is 1.16 bits per heavy atom. The van der Waals surface area contributed by atoms with Gasteiger partial charge in [0.05, 0.1) is 17.2 Å². The van der Waals surface area contributed by atoms with E-state index < -0.39 is 0 Å². The molecular weight excluding hydrogens is 388 g/mol. The third-order valence-corrected chi connectivity index (χ3v) is 6.77. The summed E-state index contributed by atoms with van der Waals surface area (Å²) >= 11 is 0. The molecule has 0 bridgehead atoms. The van der Waals surface area contributed by atoms with Crippen LogP contribution in [0.2, 0.25) is 0 Å². The molecule has 2 aliphatic rings. The molecule has 1 saturated heterocycles. The van der Waals surface area contributed by atoms with Gasteiger partial charge in [0.1, 0.15) is 5.52 Å². The second kappa shape index (κ2) is 6.75. The lowest BCUT2D eigenvalue weighted by Gasteiger charge is -2.59. The summed E-state index contributed by atoms with van der Waals surface area (Å²) in [7, 11) is 1.91. The SMILES string of the molecule is CC(C)CN1CC2(CC(Nc3ncc4c(-c5ccc6nnn(C)c6c5)ccn4n3)C2)C1. The van der Waals surface area contributed by atoms with Gasteiger partial charge in [0.15, 0.2) is 0 Å². The molecule has 31 heavy (non-hydrogen) atoms. The summed E-state index contributed by atoms with van der Waals surface area (Å²) in [6.45, 7) is 8.32. The smallest absolute Gasteiger partial charge is 0.241 e. The summed E-state index contributed by atoms with van der Waals surface area (Å²) in [4.78, 5) is 7.21. The molecule has 8 nitrogen and oxygen atoms in total. The van der Waals surface area contributed by atoms with E-state index in [4.69, 9.17) is 5.10 Å². The number of aryl methyl sites for hydroxylation is 1. The van der Waals surface area contributed by atoms with Crippen LogP contribution in [-0.2, 0) is 7.05 Å². The Kier molecular flexibility index (Phi) is 4.08. The molecule has 8 heteroatoms. The summed E-state index contributed by atoms with van der Waals surface area (Å²) in [5, 5.41) is 16.5. The number of likely N-dealkylation sites (tertiary alicyclic amines) is 1. The second-order valence-electron chi connectivity index (χ2n) is 9.87. The van der Waals surface area contributed by atoms with Crippen LogP contribution < -0.4 is 5.32 Å². The Balaban J connectivity index is 1.16. The van der Waals surface area contributed by atoms with Crippen molar-refractivity contribution in [3.8, 4) is 11.1 Å². The monoisotopic (exact) mass is 416 g/mol. The van der Waals surface area contributed by atoms with Crippen molar-refractivity contribution in [3.63, 3.8) is 0 Å². The average Bonchev–Trinajstić information content (AvgIpc) is 3.27. The number of rotatable bonds is 5. The van der Waals surface area contributed by atoms with Gasteiger partial charge in [-0.3, -0.25) is 0 Å². The van der Waals surface area contributed by atoms with Crippen molar-refractivity contribution >= 4 is 22.5 Å². The van der Waals surface area contributed by atoms with Gasteiger partial charge < -0.3 is 10.2 Å². The maximum atomic E-state index is 4.71. The Morgan fingerprint density at radius 3 is 2.81 bits per heavy atom. The molecule has 160 valence electrons. The predicted molar refractivity (Wildman–Crippen MR) is 121 cm³/mol. The normalized spacial score (nSPS) is 18.7. The highest BCUT2D eigenvalue weighted by Crippen LogP contribution is 2.49. The molecular formula is C23H28N8. The van der Waals surface area contributed by atoms with Gasteiger partial charge in [0.2, 0.25) is 5.95 Å². The summed E-state index contributed by atoms with van der Waals surface area (Å²) < 4.78 is 3.71. The topological polar surface area (TPSA) is 76.2 Å². The molecule has 1 saturated carbocycles. The quantitative estimate of drug-likeness (QED) is 0.538. The molecule has 2 fully saturated rings. The molecule has 0 unspecified atom stereocenters.